The van der Waals surface area contributed by atoms with E-state index in [4.69, 9.17) is 17.4 Å². The van der Waals surface area contributed by atoms with E-state index in [1.165, 1.54) is 12.1 Å². The van der Waals surface area contributed by atoms with Crippen LogP contribution in [-0.4, -0.2) is 15.0 Å². The van der Waals surface area contributed by atoms with E-state index in [1.54, 1.807) is 30.3 Å². The topological polar surface area (TPSA) is 96.7 Å². The number of nitrogens with one attached hydrogen (secondary N) is 2. The molecule has 2 aromatic heterocycles. The first kappa shape index (κ1) is 17.1. The summed E-state index contributed by atoms with van der Waals surface area (Å²) in [7, 11) is 0. The third-order valence-corrected chi connectivity index (χ3v) is 4.36. The number of aromatic nitrogens is 3. The van der Waals surface area contributed by atoms with Crippen molar-refractivity contribution in [3.8, 4) is 22.4 Å². The van der Waals surface area contributed by atoms with Gasteiger partial charge in [-0.2, -0.15) is 4.98 Å². The molecule has 0 aliphatic carbocycles. The van der Waals surface area contributed by atoms with Gasteiger partial charge in [-0.3, -0.25) is 15.2 Å². The molecule has 6 nitrogen and oxygen atoms in total. The number of hydrogen-bond donors (Lipinski definition) is 3. The summed E-state index contributed by atoms with van der Waals surface area (Å²) in [5.74, 6) is 5.11. The zero-order valence-electron chi connectivity index (χ0n) is 13.8. The molecule has 4 rings (SSSR count). The van der Waals surface area contributed by atoms with Crippen LogP contribution in [0.4, 0.5) is 10.3 Å². The third kappa shape index (κ3) is 3.25. The summed E-state index contributed by atoms with van der Waals surface area (Å²) in [6.45, 7) is 0. The standard InChI is InChI=1S/C19H13ClFN5O/c20-12-5-1-11(2-6-12)15-9-14(10-3-7-13(21)8-4-10)16-17(23-15)24-19(26-22)25-18(16)27/h1-9H,22H2,(H2,23,24,25,26,27). The van der Waals surface area contributed by atoms with Crippen molar-refractivity contribution in [3.63, 3.8) is 0 Å². The highest BCUT2D eigenvalue weighted by Gasteiger charge is 2.15. The van der Waals surface area contributed by atoms with E-state index < -0.39 is 5.56 Å². The lowest BCUT2D eigenvalue weighted by Gasteiger charge is -2.10. The number of pyridine rings is 1. The molecular weight excluding hydrogens is 369 g/mol. The lowest BCUT2D eigenvalue weighted by Crippen LogP contribution is -2.18. The van der Waals surface area contributed by atoms with Crippen LogP contribution in [0.2, 0.25) is 5.02 Å². The summed E-state index contributed by atoms with van der Waals surface area (Å²) in [5.41, 5.74) is 4.79. The van der Waals surface area contributed by atoms with E-state index in [2.05, 4.69) is 20.4 Å². The molecule has 2 heterocycles. The normalized spacial score (nSPS) is 10.9. The summed E-state index contributed by atoms with van der Waals surface area (Å²) in [4.78, 5) is 23.9. The van der Waals surface area contributed by atoms with Crippen LogP contribution in [0, 0.1) is 5.82 Å². The van der Waals surface area contributed by atoms with Gasteiger partial charge < -0.3 is 0 Å². The van der Waals surface area contributed by atoms with Crippen molar-refractivity contribution in [2.24, 2.45) is 5.84 Å². The van der Waals surface area contributed by atoms with Crippen molar-refractivity contribution in [2.45, 2.75) is 0 Å². The summed E-state index contributed by atoms with van der Waals surface area (Å²) < 4.78 is 13.3. The number of hydrogen-bond acceptors (Lipinski definition) is 5. The van der Waals surface area contributed by atoms with Gasteiger partial charge in [0.2, 0.25) is 5.95 Å². The number of nitrogen functional groups attached to an aromatic ring is 1. The quantitative estimate of drug-likeness (QED) is 0.371. The maximum Gasteiger partial charge on any atom is 0.262 e. The van der Waals surface area contributed by atoms with Gasteiger partial charge in [0.25, 0.3) is 5.56 Å². The van der Waals surface area contributed by atoms with E-state index in [-0.39, 0.29) is 17.4 Å². The van der Waals surface area contributed by atoms with Crippen LogP contribution < -0.4 is 16.8 Å². The Balaban J connectivity index is 2.05. The van der Waals surface area contributed by atoms with E-state index in [0.29, 0.717) is 27.2 Å². The molecule has 4 N–H and O–H groups in total. The van der Waals surface area contributed by atoms with Crippen LogP contribution in [-0.2, 0) is 0 Å². The number of nitrogens with two attached hydrogens (primary N) is 1. The van der Waals surface area contributed by atoms with E-state index in [1.807, 2.05) is 12.1 Å². The van der Waals surface area contributed by atoms with Gasteiger partial charge in [-0.05, 0) is 35.9 Å². The van der Waals surface area contributed by atoms with Crippen LogP contribution in [0.1, 0.15) is 0 Å². The van der Waals surface area contributed by atoms with Crippen LogP contribution in [0.5, 0.6) is 0 Å². The van der Waals surface area contributed by atoms with Crippen molar-refractivity contribution in [3.05, 3.63) is 75.8 Å². The fourth-order valence-electron chi connectivity index (χ4n) is 2.83. The molecule has 0 bridgehead atoms. The van der Waals surface area contributed by atoms with Gasteiger partial charge in [0.1, 0.15) is 5.82 Å². The Bertz CT molecular complexity index is 1190. The first-order valence-corrected chi connectivity index (χ1v) is 8.36. The second-order valence-electron chi connectivity index (χ2n) is 5.83. The van der Waals surface area contributed by atoms with Crippen LogP contribution in [0.25, 0.3) is 33.4 Å². The number of H-pyrrole nitrogens is 1. The van der Waals surface area contributed by atoms with Gasteiger partial charge in [-0.15, -0.1) is 0 Å². The number of fused-ring (bicyclic) bond motifs is 1. The van der Waals surface area contributed by atoms with Crippen molar-refractivity contribution in [1.82, 2.24) is 15.0 Å². The van der Waals surface area contributed by atoms with Crippen LogP contribution in [0.3, 0.4) is 0 Å². The molecule has 8 heteroatoms. The van der Waals surface area contributed by atoms with Gasteiger partial charge in [0, 0.05) is 16.1 Å². The zero-order chi connectivity index (χ0) is 19.0. The number of aromatic amines is 1. The summed E-state index contributed by atoms with van der Waals surface area (Å²) >= 11 is 5.96. The minimum Gasteiger partial charge on any atom is -0.294 e. The lowest BCUT2D eigenvalue weighted by atomic mass is 10.0. The van der Waals surface area contributed by atoms with Gasteiger partial charge in [-0.25, -0.2) is 15.2 Å². The van der Waals surface area contributed by atoms with Gasteiger partial charge in [-0.1, -0.05) is 35.9 Å². The number of hydrazine groups is 1. The molecule has 0 saturated carbocycles. The molecule has 0 radical (unpaired) electrons. The molecule has 0 fully saturated rings. The predicted molar refractivity (Wildman–Crippen MR) is 104 cm³/mol. The molecule has 4 aromatic rings. The second-order valence-corrected chi connectivity index (χ2v) is 6.26. The Hall–Kier alpha value is -3.29. The van der Waals surface area contributed by atoms with Crippen LogP contribution >= 0.6 is 11.6 Å². The molecule has 0 unspecified atom stereocenters. The second kappa shape index (κ2) is 6.79. The summed E-state index contributed by atoms with van der Waals surface area (Å²) in [6, 6.07) is 14.8. The molecule has 0 spiro atoms. The molecule has 0 saturated heterocycles. The third-order valence-electron chi connectivity index (χ3n) is 4.11. The first-order chi connectivity index (χ1) is 13.0. The fourth-order valence-corrected chi connectivity index (χ4v) is 2.96. The predicted octanol–water partition coefficient (Wildman–Crippen LogP) is 3.73. The highest BCUT2D eigenvalue weighted by Crippen LogP contribution is 2.30. The average molecular weight is 382 g/mol. The number of rotatable bonds is 3. The lowest BCUT2D eigenvalue weighted by molar-refractivity contribution is 0.628. The Kier molecular flexibility index (Phi) is 4.31. The highest BCUT2D eigenvalue weighted by molar-refractivity contribution is 6.30. The smallest absolute Gasteiger partial charge is 0.262 e. The van der Waals surface area contributed by atoms with E-state index >= 15 is 0 Å². The molecule has 2 aromatic carbocycles. The Morgan fingerprint density at radius 3 is 2.33 bits per heavy atom. The molecular formula is C19H13ClFN5O. The van der Waals surface area contributed by atoms with Gasteiger partial charge >= 0.3 is 0 Å². The molecule has 27 heavy (non-hydrogen) atoms. The summed E-state index contributed by atoms with van der Waals surface area (Å²) in [6.07, 6.45) is 0. The molecule has 0 amide bonds. The van der Waals surface area contributed by atoms with Crippen molar-refractivity contribution in [2.75, 3.05) is 5.43 Å². The van der Waals surface area contributed by atoms with Gasteiger partial charge in [0.15, 0.2) is 5.65 Å². The maximum atomic E-state index is 13.3. The number of anilines is 1. The minimum absolute atomic E-state index is 0.0957. The Morgan fingerprint density at radius 2 is 1.67 bits per heavy atom. The van der Waals surface area contributed by atoms with Crippen molar-refractivity contribution >= 4 is 28.6 Å². The number of nitrogens with zero attached hydrogens (tertiary/aromatic N) is 2. The molecule has 134 valence electrons. The van der Waals surface area contributed by atoms with Crippen molar-refractivity contribution in [1.29, 1.82) is 0 Å². The van der Waals surface area contributed by atoms with E-state index in [0.717, 1.165) is 5.56 Å². The minimum atomic E-state index is -0.401. The average Bonchev–Trinajstić information content (AvgIpc) is 2.68. The zero-order valence-corrected chi connectivity index (χ0v) is 14.6. The summed E-state index contributed by atoms with van der Waals surface area (Å²) in [5, 5.41) is 0.890. The largest absolute Gasteiger partial charge is 0.294 e. The number of halogens is 2. The highest BCUT2D eigenvalue weighted by atomic mass is 35.5. The molecule has 0 aliphatic rings. The van der Waals surface area contributed by atoms with E-state index in [9.17, 15) is 9.18 Å². The molecule has 0 atom stereocenters. The first-order valence-electron chi connectivity index (χ1n) is 7.99. The maximum absolute atomic E-state index is 13.3. The SMILES string of the molecule is NNc1nc2nc(-c3ccc(Cl)cc3)cc(-c3ccc(F)cc3)c2c(=O)[nH]1. The fraction of sp³-hybridized carbons (Fsp3) is 0. The Labute approximate surface area is 157 Å². The van der Waals surface area contributed by atoms with Crippen LogP contribution in [0.15, 0.2) is 59.4 Å². The molecule has 0 aliphatic heterocycles. The van der Waals surface area contributed by atoms with Crippen molar-refractivity contribution < 1.29 is 4.39 Å². The number of benzene rings is 2. The Morgan fingerprint density at radius 1 is 1.00 bits per heavy atom. The van der Waals surface area contributed by atoms with Gasteiger partial charge in [0.05, 0.1) is 11.1 Å². The monoisotopic (exact) mass is 381 g/mol.